The first-order chi connectivity index (χ1) is 8.49. The molecule has 2 aliphatic heterocycles. The lowest BCUT2D eigenvalue weighted by Crippen LogP contribution is -2.47. The third-order valence-electron chi connectivity index (χ3n) is 4.23. The number of hydrogen-bond acceptors (Lipinski definition) is 5. The van der Waals surface area contributed by atoms with Gasteiger partial charge in [-0.2, -0.15) is 0 Å². The van der Waals surface area contributed by atoms with Gasteiger partial charge < -0.3 is 14.2 Å². The van der Waals surface area contributed by atoms with E-state index in [4.69, 9.17) is 14.2 Å². The van der Waals surface area contributed by atoms with Gasteiger partial charge in [-0.25, -0.2) is 4.99 Å². The first kappa shape index (κ1) is 12.0. The van der Waals surface area contributed by atoms with Gasteiger partial charge in [0.25, 0.3) is 0 Å². The van der Waals surface area contributed by atoms with Crippen molar-refractivity contribution in [2.75, 3.05) is 0 Å². The van der Waals surface area contributed by atoms with E-state index in [0.29, 0.717) is 5.90 Å². The third kappa shape index (κ3) is 1.43. The van der Waals surface area contributed by atoms with E-state index in [9.17, 15) is 4.79 Å². The molecule has 1 aliphatic carbocycles. The second-order valence-electron chi connectivity index (χ2n) is 5.44. The Kier molecular flexibility index (Phi) is 2.46. The van der Waals surface area contributed by atoms with Gasteiger partial charge in [-0.15, -0.1) is 0 Å². The van der Waals surface area contributed by atoms with E-state index < -0.39 is 5.79 Å². The molecule has 2 fully saturated rings. The molecule has 18 heavy (non-hydrogen) atoms. The van der Waals surface area contributed by atoms with Crippen LogP contribution in [0.4, 0.5) is 0 Å². The summed E-state index contributed by atoms with van der Waals surface area (Å²) in [6.45, 7) is 7.42. The molecular weight excluding hydrogens is 234 g/mol. The number of esters is 1. The molecule has 1 spiro atoms. The zero-order valence-corrected chi connectivity index (χ0v) is 11.2. The topological polar surface area (TPSA) is 57.1 Å². The second-order valence-corrected chi connectivity index (χ2v) is 5.44. The van der Waals surface area contributed by atoms with Crippen molar-refractivity contribution in [3.05, 3.63) is 0 Å². The highest BCUT2D eigenvalue weighted by atomic mass is 16.7. The van der Waals surface area contributed by atoms with Gasteiger partial charge in [0.05, 0.1) is 12.0 Å². The number of aliphatic imine (C=N–C) groups is 1. The van der Waals surface area contributed by atoms with Crippen LogP contribution >= 0.6 is 0 Å². The van der Waals surface area contributed by atoms with E-state index in [1.807, 2.05) is 6.92 Å². The van der Waals surface area contributed by atoms with E-state index in [-0.39, 0.29) is 36.1 Å². The summed E-state index contributed by atoms with van der Waals surface area (Å²) in [4.78, 5) is 15.7. The molecule has 1 saturated carbocycles. The number of nitrogens with zero attached hydrogens (tertiary/aromatic N) is 1. The molecule has 0 aromatic rings. The van der Waals surface area contributed by atoms with Gasteiger partial charge in [0.1, 0.15) is 12.1 Å². The average molecular weight is 253 g/mol. The van der Waals surface area contributed by atoms with Crippen LogP contribution in [0.2, 0.25) is 0 Å². The predicted molar refractivity (Wildman–Crippen MR) is 64.1 cm³/mol. The molecule has 2 heterocycles. The van der Waals surface area contributed by atoms with Crippen molar-refractivity contribution in [2.24, 2.45) is 16.8 Å². The molecule has 0 N–H and O–H groups in total. The van der Waals surface area contributed by atoms with Crippen molar-refractivity contribution in [3.8, 4) is 0 Å². The van der Waals surface area contributed by atoms with Crippen LogP contribution in [0.5, 0.6) is 0 Å². The Morgan fingerprint density at radius 2 is 2.28 bits per heavy atom. The van der Waals surface area contributed by atoms with Crippen molar-refractivity contribution in [1.82, 2.24) is 0 Å². The van der Waals surface area contributed by atoms with Crippen LogP contribution in [0.3, 0.4) is 0 Å². The largest absolute Gasteiger partial charge is 0.462 e. The maximum absolute atomic E-state index is 11.3. The first-order valence-electron chi connectivity index (χ1n) is 6.58. The molecule has 0 bridgehead atoms. The van der Waals surface area contributed by atoms with Crippen LogP contribution < -0.4 is 0 Å². The Morgan fingerprint density at radius 3 is 2.89 bits per heavy atom. The fourth-order valence-electron chi connectivity index (χ4n) is 3.39. The molecule has 6 atom stereocenters. The maximum atomic E-state index is 11.3. The molecule has 3 aliphatic rings. The van der Waals surface area contributed by atoms with Crippen molar-refractivity contribution in [2.45, 2.75) is 58.2 Å². The minimum absolute atomic E-state index is 0.000787. The third-order valence-corrected chi connectivity index (χ3v) is 4.23. The zero-order chi connectivity index (χ0) is 13.1. The van der Waals surface area contributed by atoms with Gasteiger partial charge in [-0.1, -0.05) is 13.8 Å². The monoisotopic (exact) mass is 253 g/mol. The quantitative estimate of drug-likeness (QED) is 0.700. The number of hydrogen-bond donors (Lipinski definition) is 0. The Labute approximate surface area is 106 Å². The molecule has 5 heteroatoms. The Balaban J connectivity index is 1.87. The smallest absolute Gasteiger partial charge is 0.302 e. The van der Waals surface area contributed by atoms with Gasteiger partial charge in [0.2, 0.25) is 5.79 Å². The first-order valence-corrected chi connectivity index (χ1v) is 6.58. The number of fused-ring (bicyclic) bond motifs is 1. The minimum atomic E-state index is -0.641. The van der Waals surface area contributed by atoms with Crippen molar-refractivity contribution in [3.63, 3.8) is 0 Å². The van der Waals surface area contributed by atoms with E-state index >= 15 is 0 Å². The van der Waals surface area contributed by atoms with Gasteiger partial charge in [-0.05, 0) is 6.42 Å². The summed E-state index contributed by atoms with van der Waals surface area (Å²) < 4.78 is 17.3. The summed E-state index contributed by atoms with van der Waals surface area (Å²) in [7, 11) is 0. The van der Waals surface area contributed by atoms with Crippen LogP contribution in [-0.4, -0.2) is 35.9 Å². The fraction of sp³-hybridized carbons (Fsp3) is 0.846. The van der Waals surface area contributed by atoms with Gasteiger partial charge in [0, 0.05) is 19.8 Å². The zero-order valence-electron chi connectivity index (χ0n) is 11.2. The van der Waals surface area contributed by atoms with Crippen LogP contribution in [0.1, 0.15) is 34.1 Å². The van der Waals surface area contributed by atoms with Crippen molar-refractivity contribution in [1.29, 1.82) is 0 Å². The average Bonchev–Trinajstić information content (AvgIpc) is 2.75. The Hall–Kier alpha value is -1.10. The van der Waals surface area contributed by atoms with E-state index in [0.717, 1.165) is 6.42 Å². The van der Waals surface area contributed by atoms with Crippen LogP contribution in [0.25, 0.3) is 0 Å². The SMILES string of the molecule is CCC1OC23OC(C)=NC2C3C(OC(C)=O)[C@H]1C. The standard InChI is InChI=1S/C13H19NO4/c1-5-9-6(2)11(16-8(4)15)10-12-13(10,18-9)17-7(3)14-12/h6,9-12H,5H2,1-4H3/t6-,9?,10?,11?,12?,13?/m0/s1. The molecular formula is C13H19NO4. The Morgan fingerprint density at radius 1 is 1.56 bits per heavy atom. The van der Waals surface area contributed by atoms with Crippen LogP contribution in [0.15, 0.2) is 4.99 Å². The molecule has 0 aromatic carbocycles. The highest BCUT2D eigenvalue weighted by Crippen LogP contribution is 2.61. The van der Waals surface area contributed by atoms with E-state index in [1.165, 1.54) is 6.92 Å². The summed E-state index contributed by atoms with van der Waals surface area (Å²) in [5, 5.41) is 0. The lowest BCUT2D eigenvalue weighted by molar-refractivity contribution is -0.224. The molecule has 0 amide bonds. The lowest BCUT2D eigenvalue weighted by Gasteiger charge is -2.38. The lowest BCUT2D eigenvalue weighted by atomic mass is 9.90. The number of ether oxygens (including phenoxy) is 3. The highest BCUT2D eigenvalue weighted by Gasteiger charge is 2.80. The molecule has 5 unspecified atom stereocenters. The van der Waals surface area contributed by atoms with Crippen LogP contribution in [0, 0.1) is 11.8 Å². The maximum Gasteiger partial charge on any atom is 0.302 e. The fourth-order valence-corrected chi connectivity index (χ4v) is 3.39. The van der Waals surface area contributed by atoms with Gasteiger partial charge >= 0.3 is 5.97 Å². The molecule has 5 nitrogen and oxygen atoms in total. The normalized spacial score (nSPS) is 48.7. The number of carbonyl (C=O) groups is 1. The molecule has 0 aromatic heterocycles. The molecule has 100 valence electrons. The van der Waals surface area contributed by atoms with Crippen molar-refractivity contribution >= 4 is 11.9 Å². The second kappa shape index (κ2) is 3.70. The summed E-state index contributed by atoms with van der Waals surface area (Å²) in [5.74, 6) is 0.0194. The summed E-state index contributed by atoms with van der Waals surface area (Å²) in [5.41, 5.74) is 0. The number of rotatable bonds is 2. The minimum Gasteiger partial charge on any atom is -0.462 e. The Bertz CT molecular complexity index is 421. The summed E-state index contributed by atoms with van der Waals surface area (Å²) >= 11 is 0. The number of carbonyl (C=O) groups excluding carboxylic acids is 1. The highest BCUT2D eigenvalue weighted by molar-refractivity contribution is 5.77. The van der Waals surface area contributed by atoms with E-state index in [2.05, 4.69) is 18.8 Å². The molecule has 0 radical (unpaired) electrons. The van der Waals surface area contributed by atoms with Crippen molar-refractivity contribution < 1.29 is 19.0 Å². The van der Waals surface area contributed by atoms with Crippen LogP contribution in [-0.2, 0) is 19.0 Å². The molecule has 3 rings (SSSR count). The van der Waals surface area contributed by atoms with E-state index in [1.54, 1.807) is 0 Å². The predicted octanol–water partition coefficient (Wildman–Crippen LogP) is 1.51. The summed E-state index contributed by atoms with van der Waals surface area (Å²) in [6.07, 6.45) is 0.780. The van der Waals surface area contributed by atoms with Gasteiger partial charge in [0.15, 0.2) is 5.90 Å². The molecule has 1 saturated heterocycles. The summed E-state index contributed by atoms with van der Waals surface area (Å²) in [6, 6.07) is 0.000787. The van der Waals surface area contributed by atoms with Gasteiger partial charge in [-0.3, -0.25) is 4.79 Å².